The predicted molar refractivity (Wildman–Crippen MR) is 99.7 cm³/mol. The number of hydrogen-bond donors (Lipinski definition) is 1. The van der Waals surface area contributed by atoms with Gasteiger partial charge >= 0.3 is 10.1 Å². The molecule has 9 heteroatoms. The summed E-state index contributed by atoms with van der Waals surface area (Å²) in [5.41, 5.74) is 6.65. The fourth-order valence-corrected chi connectivity index (χ4v) is 3.80. The van der Waals surface area contributed by atoms with Gasteiger partial charge in [-0.25, -0.2) is 0 Å². The second kappa shape index (κ2) is 7.81. The van der Waals surface area contributed by atoms with E-state index in [1.807, 2.05) is 0 Å². The van der Waals surface area contributed by atoms with E-state index < -0.39 is 33.5 Å². The molecule has 3 rings (SSSR count). The summed E-state index contributed by atoms with van der Waals surface area (Å²) >= 11 is 0. The molecule has 2 N–H and O–H groups in total. The molecule has 0 spiro atoms. The van der Waals surface area contributed by atoms with Crippen LogP contribution in [0.2, 0.25) is 0 Å². The lowest BCUT2D eigenvalue weighted by Crippen LogP contribution is -2.16. The zero-order valence-electron chi connectivity index (χ0n) is 15.2. The average Bonchev–Trinajstić information content (AvgIpc) is 2.95. The zero-order chi connectivity index (χ0) is 20.3. The monoisotopic (exact) mass is 405 g/mol. The normalized spacial score (nSPS) is 16.6. The molecule has 0 amide bonds. The molecule has 28 heavy (non-hydrogen) atoms. The number of Topliss-reactive ketones (excluding diaryl/α,β-unsaturated/α-hetero) is 1. The van der Waals surface area contributed by atoms with Gasteiger partial charge in [0.25, 0.3) is 0 Å². The van der Waals surface area contributed by atoms with Gasteiger partial charge in [-0.3, -0.25) is 4.79 Å². The van der Waals surface area contributed by atoms with Crippen LogP contribution in [0.3, 0.4) is 0 Å². The maximum atomic E-state index is 12.7. The highest BCUT2D eigenvalue weighted by molar-refractivity contribution is 7.86. The third-order valence-corrected chi connectivity index (χ3v) is 5.14. The van der Waals surface area contributed by atoms with Crippen molar-refractivity contribution in [3.05, 3.63) is 71.3 Å². The molecule has 0 aromatic heterocycles. The van der Waals surface area contributed by atoms with Crippen LogP contribution in [-0.2, 0) is 29.6 Å². The summed E-state index contributed by atoms with van der Waals surface area (Å²) in [4.78, 5) is 12.7. The van der Waals surface area contributed by atoms with Crippen LogP contribution in [0.25, 0.3) is 0 Å². The molecule has 0 aliphatic carbocycles. The first-order valence-corrected chi connectivity index (χ1v) is 9.81. The van der Waals surface area contributed by atoms with Gasteiger partial charge in [0.1, 0.15) is 5.75 Å². The SMILES string of the molecule is COc1ccc(C2OC(N)=C(OS(=O)(=O)Cc3ccccc3)C2=O)cc1OC. The van der Waals surface area contributed by atoms with Gasteiger partial charge in [0.2, 0.25) is 17.4 Å². The Kier molecular flexibility index (Phi) is 5.46. The Labute approximate surface area is 162 Å². The number of rotatable bonds is 7. The van der Waals surface area contributed by atoms with E-state index in [0.29, 0.717) is 22.6 Å². The Morgan fingerprint density at radius 3 is 2.36 bits per heavy atom. The Morgan fingerprint density at radius 2 is 1.71 bits per heavy atom. The molecular weight excluding hydrogens is 386 g/mol. The topological polar surface area (TPSA) is 114 Å². The first-order chi connectivity index (χ1) is 13.3. The highest BCUT2D eigenvalue weighted by Gasteiger charge is 2.39. The van der Waals surface area contributed by atoms with Crippen LogP contribution >= 0.6 is 0 Å². The molecule has 1 aliphatic rings. The number of hydrogen-bond acceptors (Lipinski definition) is 8. The van der Waals surface area contributed by atoms with Crippen LogP contribution in [0.5, 0.6) is 11.5 Å². The fourth-order valence-electron chi connectivity index (χ4n) is 2.73. The van der Waals surface area contributed by atoms with E-state index in [1.54, 1.807) is 48.5 Å². The zero-order valence-corrected chi connectivity index (χ0v) is 16.1. The van der Waals surface area contributed by atoms with Gasteiger partial charge < -0.3 is 24.1 Å². The number of ketones is 1. The molecule has 1 unspecified atom stereocenters. The number of carbonyl (C=O) groups is 1. The van der Waals surface area contributed by atoms with E-state index in [4.69, 9.17) is 24.1 Å². The predicted octanol–water partition coefficient (Wildman–Crippen LogP) is 2.02. The van der Waals surface area contributed by atoms with Crippen LogP contribution < -0.4 is 15.2 Å². The first kappa shape index (κ1) is 19.6. The summed E-state index contributed by atoms with van der Waals surface area (Å²) in [6.07, 6.45) is -1.14. The molecule has 0 bridgehead atoms. The van der Waals surface area contributed by atoms with Crippen molar-refractivity contribution < 1.29 is 31.6 Å². The minimum Gasteiger partial charge on any atom is -0.493 e. The summed E-state index contributed by atoms with van der Waals surface area (Å²) in [6.45, 7) is 0. The summed E-state index contributed by atoms with van der Waals surface area (Å²) in [5.74, 6) is -1.15. The number of nitrogens with two attached hydrogens (primary N) is 1. The highest BCUT2D eigenvalue weighted by atomic mass is 32.2. The van der Waals surface area contributed by atoms with E-state index in [2.05, 4.69) is 0 Å². The number of methoxy groups -OCH3 is 2. The van der Waals surface area contributed by atoms with E-state index in [0.717, 1.165) is 0 Å². The minimum atomic E-state index is -4.10. The summed E-state index contributed by atoms with van der Waals surface area (Å²) in [5, 5.41) is 0. The van der Waals surface area contributed by atoms with Gasteiger partial charge in [0, 0.05) is 5.56 Å². The third-order valence-electron chi connectivity index (χ3n) is 4.04. The molecule has 0 saturated carbocycles. The van der Waals surface area contributed by atoms with Gasteiger partial charge in [-0.2, -0.15) is 8.42 Å². The van der Waals surface area contributed by atoms with Crippen LogP contribution in [0.1, 0.15) is 17.2 Å². The summed E-state index contributed by atoms with van der Waals surface area (Å²) in [7, 11) is -1.16. The number of carbonyl (C=O) groups excluding carboxylic acids is 1. The maximum absolute atomic E-state index is 12.7. The lowest BCUT2D eigenvalue weighted by atomic mass is 10.1. The van der Waals surface area contributed by atoms with Crippen molar-refractivity contribution in [1.82, 2.24) is 0 Å². The average molecular weight is 405 g/mol. The molecule has 0 fully saturated rings. The molecular formula is C19H19NO7S. The van der Waals surface area contributed by atoms with Crippen LogP contribution in [0.4, 0.5) is 0 Å². The van der Waals surface area contributed by atoms with Crippen molar-refractivity contribution in [2.24, 2.45) is 5.73 Å². The number of benzene rings is 2. The number of ether oxygens (including phenoxy) is 3. The second-order valence-electron chi connectivity index (χ2n) is 5.94. The van der Waals surface area contributed by atoms with Crippen molar-refractivity contribution >= 4 is 15.9 Å². The van der Waals surface area contributed by atoms with Gasteiger partial charge in [-0.15, -0.1) is 0 Å². The molecule has 8 nitrogen and oxygen atoms in total. The lowest BCUT2D eigenvalue weighted by molar-refractivity contribution is -0.123. The Hall–Kier alpha value is -3.20. The standard InChI is InChI=1S/C19H19NO7S/c1-24-14-9-8-13(10-15(14)25-2)17-16(21)18(19(20)26-17)27-28(22,23)11-12-6-4-3-5-7-12/h3-10,17H,11,20H2,1-2H3. The van der Waals surface area contributed by atoms with Crippen molar-refractivity contribution in [1.29, 1.82) is 0 Å². The van der Waals surface area contributed by atoms with Crippen LogP contribution in [0, 0.1) is 0 Å². The fraction of sp³-hybridized carbons (Fsp3) is 0.211. The molecule has 2 aromatic carbocycles. The van der Waals surface area contributed by atoms with Gasteiger partial charge in [0.15, 0.2) is 17.6 Å². The minimum absolute atomic E-state index is 0.388. The smallest absolute Gasteiger partial charge is 0.313 e. The molecule has 148 valence electrons. The van der Waals surface area contributed by atoms with E-state index in [1.165, 1.54) is 14.2 Å². The van der Waals surface area contributed by atoms with E-state index in [9.17, 15) is 13.2 Å². The molecule has 1 atom stereocenters. The first-order valence-electron chi connectivity index (χ1n) is 8.23. The molecule has 0 radical (unpaired) electrons. The van der Waals surface area contributed by atoms with Crippen LogP contribution in [-0.4, -0.2) is 28.4 Å². The van der Waals surface area contributed by atoms with Crippen LogP contribution in [0.15, 0.2) is 60.2 Å². The Morgan fingerprint density at radius 1 is 1.04 bits per heavy atom. The van der Waals surface area contributed by atoms with Crippen molar-refractivity contribution in [2.45, 2.75) is 11.9 Å². The quantitative estimate of drug-likeness (QED) is 0.696. The Bertz CT molecular complexity index is 1020. The Balaban J connectivity index is 1.79. The van der Waals surface area contributed by atoms with E-state index >= 15 is 0 Å². The molecule has 1 heterocycles. The summed E-state index contributed by atoms with van der Waals surface area (Å²) in [6, 6.07) is 13.2. The molecule has 0 saturated heterocycles. The van der Waals surface area contributed by atoms with Crippen molar-refractivity contribution in [3.63, 3.8) is 0 Å². The summed E-state index contributed by atoms with van der Waals surface area (Å²) < 4.78 is 45.3. The maximum Gasteiger partial charge on any atom is 0.313 e. The van der Waals surface area contributed by atoms with Gasteiger partial charge in [0.05, 0.1) is 14.2 Å². The third kappa shape index (κ3) is 4.04. The molecule has 1 aliphatic heterocycles. The van der Waals surface area contributed by atoms with Crippen molar-refractivity contribution in [3.8, 4) is 11.5 Å². The lowest BCUT2D eigenvalue weighted by Gasteiger charge is -2.13. The van der Waals surface area contributed by atoms with E-state index in [-0.39, 0.29) is 5.88 Å². The molecule has 2 aromatic rings. The largest absolute Gasteiger partial charge is 0.493 e. The van der Waals surface area contributed by atoms with Gasteiger partial charge in [-0.05, 0) is 17.7 Å². The second-order valence-corrected chi connectivity index (χ2v) is 7.51. The van der Waals surface area contributed by atoms with Gasteiger partial charge in [-0.1, -0.05) is 36.4 Å². The van der Waals surface area contributed by atoms with Crippen molar-refractivity contribution in [2.75, 3.05) is 14.2 Å². The highest BCUT2D eigenvalue weighted by Crippen LogP contribution is 2.36.